The van der Waals surface area contributed by atoms with Gasteiger partial charge in [-0.2, -0.15) is 0 Å². The first-order chi connectivity index (χ1) is 5.74. The van der Waals surface area contributed by atoms with Gasteiger partial charge in [0.15, 0.2) is 0 Å². The van der Waals surface area contributed by atoms with Crippen LogP contribution in [0, 0.1) is 6.92 Å². The Morgan fingerprint density at radius 3 is 2.83 bits per heavy atom. The van der Waals surface area contributed by atoms with Crippen molar-refractivity contribution in [3.8, 4) is 0 Å². The first-order valence-corrected chi connectivity index (χ1v) is 4.68. The average molecular weight is 251 g/mol. The predicted octanol–water partition coefficient (Wildman–Crippen LogP) is 3.19. The van der Waals surface area contributed by atoms with Crippen LogP contribution in [-0.4, -0.2) is 5.26 Å². The smallest absolute Gasteiger partial charge is 0.0714 e. The molecule has 1 aromatic rings. The molecule has 0 amide bonds. The lowest BCUT2D eigenvalue weighted by Crippen LogP contribution is -1.80. The summed E-state index contributed by atoms with van der Waals surface area (Å²) < 4.78 is 5.26. The summed E-state index contributed by atoms with van der Waals surface area (Å²) in [5.41, 5.74) is 1.14. The third kappa shape index (κ3) is 2.76. The van der Waals surface area contributed by atoms with Crippen molar-refractivity contribution in [2.45, 2.75) is 11.8 Å². The highest BCUT2D eigenvalue weighted by Crippen LogP contribution is 2.25. The fourth-order valence-electron chi connectivity index (χ4n) is 0.680. The van der Waals surface area contributed by atoms with Gasteiger partial charge >= 0.3 is 0 Å². The van der Waals surface area contributed by atoms with Crippen LogP contribution in [0.1, 0.15) is 5.56 Å². The highest BCUT2D eigenvalue weighted by Gasteiger charge is 1.98. The van der Waals surface area contributed by atoms with Gasteiger partial charge in [0.25, 0.3) is 0 Å². The molecular weight excluding hydrogens is 244 g/mol. The lowest BCUT2D eigenvalue weighted by molar-refractivity contribution is -0.432. The van der Waals surface area contributed by atoms with Crippen LogP contribution in [0.4, 0.5) is 0 Å². The van der Waals surface area contributed by atoms with Crippen LogP contribution >= 0.6 is 28.0 Å². The summed E-state index contributed by atoms with van der Waals surface area (Å²) in [4.78, 5) is 0.849. The average Bonchev–Trinajstić information content (AvgIpc) is 2.07. The number of hydrogen-bond acceptors (Lipinski definition) is 4. The van der Waals surface area contributed by atoms with E-state index in [0.29, 0.717) is 0 Å². The molecule has 3 nitrogen and oxygen atoms in total. The molecule has 0 aliphatic rings. The topological polar surface area (TPSA) is 38.7 Å². The van der Waals surface area contributed by atoms with Crippen LogP contribution in [0.3, 0.4) is 0 Å². The highest BCUT2D eigenvalue weighted by molar-refractivity contribution is 9.10. The second-order valence-electron chi connectivity index (χ2n) is 2.14. The lowest BCUT2D eigenvalue weighted by atomic mass is 10.2. The Morgan fingerprint density at radius 1 is 1.50 bits per heavy atom. The second kappa shape index (κ2) is 4.84. The Hall–Kier alpha value is -0.0700. The standard InChI is InChI=1S/C7H7BrO3S/c1-5-2-3-6(4-7(5)8)12-11-10-9/h2-4,9H,1H3. The van der Waals surface area contributed by atoms with E-state index in [9.17, 15) is 0 Å². The first kappa shape index (κ1) is 10.0. The normalized spacial score (nSPS) is 10.2. The monoisotopic (exact) mass is 250 g/mol. The molecule has 1 aromatic carbocycles. The largest absolute Gasteiger partial charge is 0.220 e. The van der Waals surface area contributed by atoms with E-state index in [0.717, 1.165) is 27.0 Å². The van der Waals surface area contributed by atoms with Crippen molar-refractivity contribution in [1.82, 2.24) is 0 Å². The van der Waals surface area contributed by atoms with Gasteiger partial charge < -0.3 is 0 Å². The molecule has 12 heavy (non-hydrogen) atoms. The maximum Gasteiger partial charge on any atom is 0.0714 e. The molecule has 5 heteroatoms. The highest BCUT2D eigenvalue weighted by atomic mass is 79.9. The van der Waals surface area contributed by atoms with Gasteiger partial charge in [0.05, 0.1) is 12.0 Å². The molecule has 0 unspecified atom stereocenters. The van der Waals surface area contributed by atoms with Crippen LogP contribution in [0.25, 0.3) is 0 Å². The molecule has 0 spiro atoms. The maximum absolute atomic E-state index is 7.90. The number of halogens is 1. The Kier molecular flexibility index (Phi) is 4.03. The van der Waals surface area contributed by atoms with E-state index in [1.165, 1.54) is 0 Å². The fraction of sp³-hybridized carbons (Fsp3) is 0.143. The Bertz CT molecular complexity index is 267. The Balaban J connectivity index is 2.69. The summed E-state index contributed by atoms with van der Waals surface area (Å²) in [5.74, 6) is 0. The van der Waals surface area contributed by atoms with Crippen molar-refractivity contribution >= 4 is 28.0 Å². The minimum atomic E-state index is 0.849. The number of rotatable bonds is 3. The number of benzene rings is 1. The van der Waals surface area contributed by atoms with E-state index in [-0.39, 0.29) is 0 Å². The summed E-state index contributed by atoms with van der Waals surface area (Å²) in [7, 11) is 0. The minimum Gasteiger partial charge on any atom is -0.220 e. The predicted molar refractivity (Wildman–Crippen MR) is 49.5 cm³/mol. The van der Waals surface area contributed by atoms with Crippen molar-refractivity contribution < 1.29 is 14.6 Å². The van der Waals surface area contributed by atoms with Crippen LogP contribution in [0.2, 0.25) is 0 Å². The van der Waals surface area contributed by atoms with E-state index in [1.54, 1.807) is 0 Å². The molecule has 0 aromatic heterocycles. The molecule has 0 aliphatic carbocycles. The van der Waals surface area contributed by atoms with Gasteiger partial charge in [-0.05, 0) is 24.6 Å². The molecule has 0 atom stereocenters. The van der Waals surface area contributed by atoms with Crippen molar-refractivity contribution in [2.24, 2.45) is 0 Å². The van der Waals surface area contributed by atoms with Crippen LogP contribution in [-0.2, 0) is 9.37 Å². The zero-order chi connectivity index (χ0) is 8.97. The Labute approximate surface area is 82.9 Å². The molecule has 66 valence electrons. The summed E-state index contributed by atoms with van der Waals surface area (Å²) in [5, 5.41) is 11.4. The maximum atomic E-state index is 7.90. The SMILES string of the molecule is Cc1ccc(SOOO)cc1Br. The van der Waals surface area contributed by atoms with E-state index in [2.05, 4.69) is 25.3 Å². The summed E-state index contributed by atoms with van der Waals surface area (Å²) in [6.07, 6.45) is 0. The van der Waals surface area contributed by atoms with Crippen LogP contribution in [0.15, 0.2) is 27.6 Å². The molecular formula is C7H7BrO3S. The fourth-order valence-corrected chi connectivity index (χ4v) is 1.61. The first-order valence-electron chi connectivity index (χ1n) is 3.15. The summed E-state index contributed by atoms with van der Waals surface area (Å²) in [6.45, 7) is 1.99. The van der Waals surface area contributed by atoms with Crippen LogP contribution < -0.4 is 0 Å². The second-order valence-corrected chi connectivity index (χ2v) is 3.77. The zero-order valence-electron chi connectivity index (χ0n) is 6.28. The zero-order valence-corrected chi connectivity index (χ0v) is 8.68. The van der Waals surface area contributed by atoms with Gasteiger partial charge in [0, 0.05) is 9.37 Å². The molecule has 0 fully saturated rings. The quantitative estimate of drug-likeness (QED) is 0.508. The molecule has 1 rings (SSSR count). The van der Waals surface area contributed by atoms with E-state index in [4.69, 9.17) is 5.26 Å². The van der Waals surface area contributed by atoms with Crippen molar-refractivity contribution in [1.29, 1.82) is 0 Å². The summed E-state index contributed by atoms with van der Waals surface area (Å²) in [6, 6.07) is 5.68. The van der Waals surface area contributed by atoms with Gasteiger partial charge in [0.2, 0.25) is 0 Å². The molecule has 0 radical (unpaired) electrons. The third-order valence-corrected chi connectivity index (χ3v) is 2.73. The molecule has 0 heterocycles. The van der Waals surface area contributed by atoms with Gasteiger partial charge in [-0.25, -0.2) is 5.26 Å². The molecule has 0 bridgehead atoms. The number of aryl methyl sites for hydroxylation is 1. The Morgan fingerprint density at radius 2 is 2.25 bits per heavy atom. The van der Waals surface area contributed by atoms with Crippen molar-refractivity contribution in [2.75, 3.05) is 0 Å². The molecule has 0 saturated carbocycles. The minimum absolute atomic E-state index is 0.849. The van der Waals surface area contributed by atoms with Crippen molar-refractivity contribution in [3.05, 3.63) is 28.2 Å². The van der Waals surface area contributed by atoms with Crippen molar-refractivity contribution in [3.63, 3.8) is 0 Å². The van der Waals surface area contributed by atoms with Gasteiger partial charge in [-0.1, -0.05) is 27.0 Å². The third-order valence-electron chi connectivity index (χ3n) is 1.30. The van der Waals surface area contributed by atoms with E-state index >= 15 is 0 Å². The van der Waals surface area contributed by atoms with Gasteiger partial charge in [-0.15, -0.1) is 4.33 Å². The van der Waals surface area contributed by atoms with Gasteiger partial charge in [0.1, 0.15) is 0 Å². The molecule has 0 saturated heterocycles. The molecule has 1 N–H and O–H groups in total. The summed E-state index contributed by atoms with van der Waals surface area (Å²) >= 11 is 4.31. The lowest BCUT2D eigenvalue weighted by Gasteiger charge is -2.00. The number of hydrogen-bond donors (Lipinski definition) is 1. The van der Waals surface area contributed by atoms with Gasteiger partial charge in [-0.3, -0.25) is 0 Å². The van der Waals surface area contributed by atoms with E-state index < -0.39 is 0 Å². The van der Waals surface area contributed by atoms with E-state index in [1.807, 2.05) is 25.1 Å². The molecule has 0 aliphatic heterocycles. The van der Waals surface area contributed by atoms with Crippen LogP contribution in [0.5, 0.6) is 0 Å².